The van der Waals surface area contributed by atoms with Crippen LogP contribution in [0.25, 0.3) is 0 Å². The lowest BCUT2D eigenvalue weighted by molar-refractivity contribution is -0.384. The Morgan fingerprint density at radius 1 is 1.40 bits per heavy atom. The first kappa shape index (κ1) is 16.4. The first-order chi connectivity index (χ1) is 9.29. The number of anilines is 1. The third-order valence-corrected chi connectivity index (χ3v) is 3.20. The molecule has 0 fully saturated rings. The molecule has 7 heteroatoms. The highest BCUT2D eigenvalue weighted by Crippen LogP contribution is 2.31. The van der Waals surface area contributed by atoms with E-state index in [4.69, 9.17) is 4.74 Å². The average Bonchev–Trinajstić information content (AvgIpc) is 2.65. The third-order valence-electron chi connectivity index (χ3n) is 3.20. The number of hydrogen-bond acceptors (Lipinski definition) is 5. The van der Waals surface area contributed by atoms with Gasteiger partial charge in [-0.1, -0.05) is 13.8 Å². The molecule has 1 atom stereocenters. The molecule has 0 aliphatic rings. The van der Waals surface area contributed by atoms with Crippen LogP contribution in [0.4, 0.5) is 11.5 Å². The van der Waals surface area contributed by atoms with Gasteiger partial charge in [-0.3, -0.25) is 10.1 Å². The van der Waals surface area contributed by atoms with Crippen molar-refractivity contribution in [1.82, 2.24) is 9.78 Å². The third kappa shape index (κ3) is 3.47. The molecule has 1 aromatic heterocycles. The van der Waals surface area contributed by atoms with E-state index < -0.39 is 0 Å². The van der Waals surface area contributed by atoms with E-state index in [9.17, 15) is 10.1 Å². The summed E-state index contributed by atoms with van der Waals surface area (Å²) in [5.41, 5.74) is 0.464. The molecule has 0 bridgehead atoms. The molecule has 0 aliphatic carbocycles. The van der Waals surface area contributed by atoms with Crippen LogP contribution in [0.1, 0.15) is 39.4 Å². The van der Waals surface area contributed by atoms with Crippen LogP contribution in [0.3, 0.4) is 0 Å². The van der Waals surface area contributed by atoms with Crippen molar-refractivity contribution in [3.05, 3.63) is 15.8 Å². The summed E-state index contributed by atoms with van der Waals surface area (Å²) < 4.78 is 6.85. The monoisotopic (exact) mass is 284 g/mol. The van der Waals surface area contributed by atoms with Crippen molar-refractivity contribution >= 4 is 11.5 Å². The van der Waals surface area contributed by atoms with Crippen molar-refractivity contribution in [2.75, 3.05) is 19.0 Å². The summed E-state index contributed by atoms with van der Waals surface area (Å²) in [6.45, 7) is 10.1. The van der Waals surface area contributed by atoms with E-state index in [1.54, 1.807) is 18.7 Å². The van der Waals surface area contributed by atoms with Crippen molar-refractivity contribution in [2.24, 2.45) is 5.92 Å². The Morgan fingerprint density at radius 2 is 2.00 bits per heavy atom. The van der Waals surface area contributed by atoms with Crippen molar-refractivity contribution in [1.29, 1.82) is 0 Å². The van der Waals surface area contributed by atoms with Gasteiger partial charge < -0.3 is 10.1 Å². The molecule has 1 heterocycles. The van der Waals surface area contributed by atoms with Crippen LogP contribution in [0.2, 0.25) is 0 Å². The number of hydrogen-bond donors (Lipinski definition) is 1. The zero-order valence-corrected chi connectivity index (χ0v) is 13.0. The number of rotatable bonds is 7. The van der Waals surface area contributed by atoms with Gasteiger partial charge in [-0.15, -0.1) is 0 Å². The predicted molar refractivity (Wildman–Crippen MR) is 78.1 cm³/mol. The fourth-order valence-corrected chi connectivity index (χ4v) is 2.02. The second-order valence-corrected chi connectivity index (χ2v) is 5.53. The van der Waals surface area contributed by atoms with Crippen molar-refractivity contribution in [3.8, 4) is 0 Å². The first-order valence-corrected chi connectivity index (χ1v) is 6.78. The summed E-state index contributed by atoms with van der Waals surface area (Å²) in [4.78, 5) is 10.9. The largest absolute Gasteiger partial charge is 0.383 e. The Labute approximate surface area is 119 Å². The van der Waals surface area contributed by atoms with E-state index in [1.165, 1.54) is 0 Å². The van der Waals surface area contributed by atoms with Gasteiger partial charge in [-0.25, -0.2) is 4.68 Å². The molecule has 0 spiro atoms. The molecule has 7 nitrogen and oxygen atoms in total. The van der Waals surface area contributed by atoms with Gasteiger partial charge in [-0.2, -0.15) is 5.10 Å². The lowest BCUT2D eigenvalue weighted by Gasteiger charge is -2.23. The number of nitrogens with zero attached hydrogens (tertiary/aromatic N) is 3. The lowest BCUT2D eigenvalue weighted by Crippen LogP contribution is -2.32. The summed E-state index contributed by atoms with van der Waals surface area (Å²) in [6, 6.07) is 0.0348. The van der Waals surface area contributed by atoms with Crippen molar-refractivity contribution in [3.63, 3.8) is 0 Å². The van der Waals surface area contributed by atoms with Crippen molar-refractivity contribution < 1.29 is 9.66 Å². The SMILES string of the molecule is COCC(Nc1c([N+](=O)[O-])c(C)nn1C(C)C)C(C)C. The molecule has 0 amide bonds. The van der Waals surface area contributed by atoms with Crippen LogP contribution in [-0.2, 0) is 4.74 Å². The summed E-state index contributed by atoms with van der Waals surface area (Å²) in [5.74, 6) is 0.739. The zero-order chi connectivity index (χ0) is 15.4. The molecular formula is C13H24N4O3. The van der Waals surface area contributed by atoms with E-state index in [2.05, 4.69) is 10.4 Å². The second-order valence-electron chi connectivity index (χ2n) is 5.53. The highest BCUT2D eigenvalue weighted by atomic mass is 16.6. The zero-order valence-electron chi connectivity index (χ0n) is 13.0. The Balaban J connectivity index is 3.22. The summed E-state index contributed by atoms with van der Waals surface area (Å²) in [6.07, 6.45) is 0. The van der Waals surface area contributed by atoms with E-state index in [0.29, 0.717) is 18.1 Å². The van der Waals surface area contributed by atoms with E-state index >= 15 is 0 Å². The fraction of sp³-hybridized carbons (Fsp3) is 0.769. The molecular weight excluding hydrogens is 260 g/mol. The number of nitro groups is 1. The molecule has 1 aromatic rings. The van der Waals surface area contributed by atoms with Gasteiger partial charge in [-0.05, 0) is 26.7 Å². The molecule has 0 saturated carbocycles. The maximum atomic E-state index is 11.3. The van der Waals surface area contributed by atoms with Gasteiger partial charge in [0.1, 0.15) is 5.69 Å². The predicted octanol–water partition coefficient (Wildman–Crippen LogP) is 2.76. The molecule has 0 saturated heterocycles. The molecule has 1 N–H and O–H groups in total. The van der Waals surface area contributed by atoms with Crippen LogP contribution < -0.4 is 5.32 Å². The van der Waals surface area contributed by atoms with Crippen LogP contribution in [-0.4, -0.2) is 34.5 Å². The number of methoxy groups -OCH3 is 1. The van der Waals surface area contributed by atoms with Gasteiger partial charge in [0.2, 0.25) is 5.82 Å². The summed E-state index contributed by atoms with van der Waals surface area (Å²) >= 11 is 0. The Hall–Kier alpha value is -1.63. The van der Waals surface area contributed by atoms with Crippen LogP contribution in [0.5, 0.6) is 0 Å². The highest BCUT2D eigenvalue weighted by Gasteiger charge is 2.28. The van der Waals surface area contributed by atoms with Crippen LogP contribution in [0, 0.1) is 23.0 Å². The van der Waals surface area contributed by atoms with Gasteiger partial charge >= 0.3 is 5.69 Å². The summed E-state index contributed by atoms with van der Waals surface area (Å²) in [5, 5.41) is 18.8. The smallest absolute Gasteiger partial charge is 0.333 e. The standard InChI is InChI=1S/C13H24N4O3/c1-8(2)11(7-20-6)14-13-12(17(18)19)10(5)15-16(13)9(3)4/h8-9,11,14H,7H2,1-6H3. The topological polar surface area (TPSA) is 82.2 Å². The first-order valence-electron chi connectivity index (χ1n) is 6.78. The molecule has 114 valence electrons. The van der Waals surface area contributed by atoms with Gasteiger partial charge in [0, 0.05) is 13.2 Å². The molecule has 0 radical (unpaired) electrons. The normalized spacial score (nSPS) is 13.0. The molecule has 0 aliphatic heterocycles. The maximum Gasteiger partial charge on any atom is 0.333 e. The Kier molecular flexibility index (Phi) is 5.50. The fourth-order valence-electron chi connectivity index (χ4n) is 2.02. The second kappa shape index (κ2) is 6.69. The molecule has 1 unspecified atom stereocenters. The van der Waals surface area contributed by atoms with Crippen LogP contribution in [0.15, 0.2) is 0 Å². The maximum absolute atomic E-state index is 11.3. The van der Waals surface area contributed by atoms with Crippen LogP contribution >= 0.6 is 0 Å². The van der Waals surface area contributed by atoms with Gasteiger partial charge in [0.25, 0.3) is 0 Å². The van der Waals surface area contributed by atoms with Crippen molar-refractivity contribution in [2.45, 2.75) is 46.7 Å². The number of nitrogens with one attached hydrogen (secondary N) is 1. The minimum absolute atomic E-state index is 0.00713. The number of ether oxygens (including phenoxy) is 1. The van der Waals surface area contributed by atoms with E-state index in [0.717, 1.165) is 0 Å². The minimum atomic E-state index is -0.381. The highest BCUT2D eigenvalue weighted by molar-refractivity contribution is 5.60. The molecule has 1 rings (SSSR count). The van der Waals surface area contributed by atoms with E-state index in [1.807, 2.05) is 27.7 Å². The lowest BCUT2D eigenvalue weighted by atomic mass is 10.1. The number of aromatic nitrogens is 2. The molecule has 20 heavy (non-hydrogen) atoms. The summed E-state index contributed by atoms with van der Waals surface area (Å²) in [7, 11) is 1.62. The molecule has 0 aromatic carbocycles. The van der Waals surface area contributed by atoms with Gasteiger partial charge in [0.15, 0.2) is 0 Å². The van der Waals surface area contributed by atoms with E-state index in [-0.39, 0.29) is 28.6 Å². The minimum Gasteiger partial charge on any atom is -0.383 e. The average molecular weight is 284 g/mol. The quantitative estimate of drug-likeness (QED) is 0.615. The van der Waals surface area contributed by atoms with Gasteiger partial charge in [0.05, 0.1) is 17.6 Å². The Morgan fingerprint density at radius 3 is 2.40 bits per heavy atom. The number of aryl methyl sites for hydroxylation is 1. The Bertz CT molecular complexity index is 468.